The van der Waals surface area contributed by atoms with Crippen LogP contribution in [0.2, 0.25) is 0 Å². The second-order valence-corrected chi connectivity index (χ2v) is 3.77. The first-order valence-electron chi connectivity index (χ1n) is 4.85. The number of esters is 1. The van der Waals surface area contributed by atoms with Crippen molar-refractivity contribution in [1.82, 2.24) is 0 Å². The summed E-state index contributed by atoms with van der Waals surface area (Å²) in [4.78, 5) is 11.4. The summed E-state index contributed by atoms with van der Waals surface area (Å²) < 4.78 is 5.09. The molecule has 0 N–H and O–H groups in total. The van der Waals surface area contributed by atoms with Gasteiger partial charge >= 0.3 is 5.97 Å². The van der Waals surface area contributed by atoms with Crippen LogP contribution in [0.15, 0.2) is 12.7 Å². The number of hydrogen-bond donors (Lipinski definition) is 0. The van der Waals surface area contributed by atoms with Gasteiger partial charge in [0.25, 0.3) is 0 Å². The molecule has 0 heterocycles. The maximum atomic E-state index is 11.4. The lowest BCUT2D eigenvalue weighted by Crippen LogP contribution is -2.24. The van der Waals surface area contributed by atoms with Crippen LogP contribution in [0.1, 0.15) is 40.0 Å². The average molecular weight is 184 g/mol. The Bertz CT molecular complexity index is 171. The summed E-state index contributed by atoms with van der Waals surface area (Å²) in [6.07, 6.45) is 4.83. The molecule has 0 amide bonds. The zero-order chi connectivity index (χ0) is 10.3. The molecule has 0 saturated carbocycles. The fourth-order valence-electron chi connectivity index (χ4n) is 0.786. The normalized spacial score (nSPS) is 11.0. The smallest absolute Gasteiger partial charge is 0.315 e. The molecule has 0 aliphatic heterocycles. The Kier molecular flexibility index (Phi) is 5.44. The third kappa shape index (κ3) is 4.71. The molecule has 0 fully saturated rings. The van der Waals surface area contributed by atoms with E-state index in [4.69, 9.17) is 4.74 Å². The maximum Gasteiger partial charge on any atom is 0.315 e. The van der Waals surface area contributed by atoms with Crippen LogP contribution in [0, 0.1) is 5.41 Å². The van der Waals surface area contributed by atoms with E-state index < -0.39 is 5.41 Å². The van der Waals surface area contributed by atoms with E-state index in [9.17, 15) is 4.79 Å². The summed E-state index contributed by atoms with van der Waals surface area (Å²) in [6.45, 7) is 9.86. The minimum atomic E-state index is -0.549. The van der Waals surface area contributed by atoms with E-state index in [-0.39, 0.29) is 5.97 Å². The average Bonchev–Trinajstić information content (AvgIpc) is 2.12. The van der Waals surface area contributed by atoms with Crippen LogP contribution >= 0.6 is 0 Å². The third-order valence-corrected chi connectivity index (χ3v) is 2.02. The lowest BCUT2D eigenvalue weighted by molar-refractivity contribution is -0.151. The van der Waals surface area contributed by atoms with Crippen LogP contribution in [0.3, 0.4) is 0 Å². The van der Waals surface area contributed by atoms with Crippen molar-refractivity contribution in [2.75, 3.05) is 6.61 Å². The van der Waals surface area contributed by atoms with Crippen molar-refractivity contribution in [3.63, 3.8) is 0 Å². The van der Waals surface area contributed by atoms with Gasteiger partial charge in [0.2, 0.25) is 0 Å². The van der Waals surface area contributed by atoms with E-state index in [1.807, 2.05) is 13.8 Å². The lowest BCUT2D eigenvalue weighted by atomic mass is 9.94. The van der Waals surface area contributed by atoms with Crippen LogP contribution in [-0.4, -0.2) is 12.6 Å². The predicted octanol–water partition coefficient (Wildman–Crippen LogP) is 2.93. The van der Waals surface area contributed by atoms with Crippen molar-refractivity contribution in [2.24, 2.45) is 5.41 Å². The van der Waals surface area contributed by atoms with Crippen LogP contribution < -0.4 is 0 Å². The third-order valence-electron chi connectivity index (χ3n) is 2.02. The van der Waals surface area contributed by atoms with E-state index >= 15 is 0 Å². The van der Waals surface area contributed by atoms with Gasteiger partial charge in [-0.1, -0.05) is 25.8 Å². The van der Waals surface area contributed by atoms with Crippen molar-refractivity contribution in [3.05, 3.63) is 12.7 Å². The SMILES string of the molecule is C=CC(C)(C)C(=O)OCCCCC. The number of carbonyl (C=O) groups is 1. The van der Waals surface area contributed by atoms with E-state index in [0.717, 1.165) is 19.3 Å². The molecule has 2 heteroatoms. The topological polar surface area (TPSA) is 26.3 Å². The van der Waals surface area contributed by atoms with Crippen molar-refractivity contribution < 1.29 is 9.53 Å². The van der Waals surface area contributed by atoms with Crippen molar-refractivity contribution >= 4 is 5.97 Å². The van der Waals surface area contributed by atoms with Crippen LogP contribution in [-0.2, 0) is 9.53 Å². The molecule has 0 aromatic carbocycles. The van der Waals surface area contributed by atoms with Gasteiger partial charge in [0.05, 0.1) is 12.0 Å². The summed E-state index contributed by atoms with van der Waals surface area (Å²) in [7, 11) is 0. The summed E-state index contributed by atoms with van der Waals surface area (Å²) in [5.74, 6) is -0.182. The second-order valence-electron chi connectivity index (χ2n) is 3.77. The van der Waals surface area contributed by atoms with Gasteiger partial charge < -0.3 is 4.74 Å². The second kappa shape index (κ2) is 5.79. The van der Waals surface area contributed by atoms with Crippen molar-refractivity contribution in [1.29, 1.82) is 0 Å². The minimum absolute atomic E-state index is 0.182. The van der Waals surface area contributed by atoms with Gasteiger partial charge in [-0.05, 0) is 20.3 Å². The Morgan fingerprint density at radius 2 is 2.08 bits per heavy atom. The Labute approximate surface area is 81.0 Å². The van der Waals surface area contributed by atoms with Crippen molar-refractivity contribution in [2.45, 2.75) is 40.0 Å². The van der Waals surface area contributed by atoms with Gasteiger partial charge in [0, 0.05) is 0 Å². The van der Waals surface area contributed by atoms with E-state index in [1.54, 1.807) is 6.08 Å². The highest BCUT2D eigenvalue weighted by Crippen LogP contribution is 2.18. The first-order chi connectivity index (χ1) is 6.04. The molecule has 0 radical (unpaired) electrons. The minimum Gasteiger partial charge on any atom is -0.465 e. The van der Waals surface area contributed by atoms with Gasteiger partial charge in [-0.15, -0.1) is 6.58 Å². The number of unbranched alkanes of at least 4 members (excludes halogenated alkanes) is 2. The standard InChI is InChI=1S/C11H20O2/c1-5-7-8-9-13-10(12)11(3,4)6-2/h6H,2,5,7-9H2,1,3-4H3. The molecular weight excluding hydrogens is 164 g/mol. The molecule has 0 rings (SSSR count). The summed E-state index contributed by atoms with van der Waals surface area (Å²) >= 11 is 0. The number of carbonyl (C=O) groups excluding carboxylic acids is 1. The zero-order valence-corrected chi connectivity index (χ0v) is 8.93. The van der Waals surface area contributed by atoms with Gasteiger partial charge in [0.15, 0.2) is 0 Å². The van der Waals surface area contributed by atoms with Crippen molar-refractivity contribution in [3.8, 4) is 0 Å². The Hall–Kier alpha value is -0.790. The lowest BCUT2D eigenvalue weighted by Gasteiger charge is -2.17. The fraction of sp³-hybridized carbons (Fsp3) is 0.727. The van der Waals surface area contributed by atoms with E-state index in [0.29, 0.717) is 6.61 Å². The summed E-state index contributed by atoms with van der Waals surface area (Å²) in [5.41, 5.74) is -0.549. The Balaban J connectivity index is 3.68. The van der Waals surface area contributed by atoms with Gasteiger partial charge in [-0.25, -0.2) is 0 Å². The van der Waals surface area contributed by atoms with Gasteiger partial charge in [0.1, 0.15) is 0 Å². The first-order valence-corrected chi connectivity index (χ1v) is 4.85. The quantitative estimate of drug-likeness (QED) is 0.360. The molecule has 0 saturated heterocycles. The van der Waals surface area contributed by atoms with Gasteiger partial charge in [-0.3, -0.25) is 4.79 Å². The molecule has 0 bridgehead atoms. The summed E-state index contributed by atoms with van der Waals surface area (Å²) in [6, 6.07) is 0. The summed E-state index contributed by atoms with van der Waals surface area (Å²) in [5, 5.41) is 0. The number of hydrogen-bond acceptors (Lipinski definition) is 2. The molecular formula is C11H20O2. The highest BCUT2D eigenvalue weighted by atomic mass is 16.5. The Morgan fingerprint density at radius 3 is 2.54 bits per heavy atom. The molecule has 0 aliphatic rings. The molecule has 0 aliphatic carbocycles. The van der Waals surface area contributed by atoms with Crippen LogP contribution in [0.25, 0.3) is 0 Å². The number of rotatable bonds is 6. The maximum absolute atomic E-state index is 11.4. The fourth-order valence-corrected chi connectivity index (χ4v) is 0.786. The van der Waals surface area contributed by atoms with Gasteiger partial charge in [-0.2, -0.15) is 0 Å². The van der Waals surface area contributed by atoms with E-state index in [2.05, 4.69) is 13.5 Å². The first kappa shape index (κ1) is 12.2. The molecule has 13 heavy (non-hydrogen) atoms. The molecule has 0 spiro atoms. The largest absolute Gasteiger partial charge is 0.465 e. The predicted molar refractivity (Wildman–Crippen MR) is 54.5 cm³/mol. The molecule has 0 atom stereocenters. The Morgan fingerprint density at radius 1 is 1.46 bits per heavy atom. The number of ether oxygens (including phenoxy) is 1. The molecule has 76 valence electrons. The molecule has 2 nitrogen and oxygen atoms in total. The molecule has 0 aromatic heterocycles. The van der Waals surface area contributed by atoms with Crippen LogP contribution in [0.4, 0.5) is 0 Å². The zero-order valence-electron chi connectivity index (χ0n) is 8.93. The highest BCUT2D eigenvalue weighted by molar-refractivity contribution is 5.77. The van der Waals surface area contributed by atoms with Crippen LogP contribution in [0.5, 0.6) is 0 Å². The van der Waals surface area contributed by atoms with E-state index in [1.165, 1.54) is 0 Å². The monoisotopic (exact) mass is 184 g/mol. The highest BCUT2D eigenvalue weighted by Gasteiger charge is 2.24. The molecule has 0 aromatic rings. The molecule has 0 unspecified atom stereocenters.